The van der Waals surface area contributed by atoms with Gasteiger partial charge in [0.15, 0.2) is 5.13 Å². The molecule has 1 atom stereocenters. The van der Waals surface area contributed by atoms with E-state index in [-0.39, 0.29) is 5.60 Å². The van der Waals surface area contributed by atoms with Crippen molar-refractivity contribution in [3.05, 3.63) is 5.69 Å². The second-order valence-corrected chi connectivity index (χ2v) is 7.64. The highest BCUT2D eigenvalue weighted by Crippen LogP contribution is 2.47. The summed E-state index contributed by atoms with van der Waals surface area (Å²) in [5, 5.41) is 1.37. The zero-order chi connectivity index (χ0) is 11.9. The second kappa shape index (κ2) is 4.44. The Morgan fingerprint density at radius 2 is 2.35 bits per heavy atom. The fourth-order valence-corrected chi connectivity index (χ4v) is 5.21. The monoisotopic (exact) mass is 270 g/mol. The van der Waals surface area contributed by atoms with Crippen LogP contribution < -0.4 is 5.73 Å². The van der Waals surface area contributed by atoms with Crippen molar-refractivity contribution in [2.75, 3.05) is 12.3 Å². The molecule has 17 heavy (non-hydrogen) atoms. The Bertz CT molecular complexity index is 415. The van der Waals surface area contributed by atoms with Crippen molar-refractivity contribution < 1.29 is 4.74 Å². The summed E-state index contributed by atoms with van der Waals surface area (Å²) in [7, 11) is 0. The first-order valence-corrected chi connectivity index (χ1v) is 7.90. The number of anilines is 1. The first-order valence-electron chi connectivity index (χ1n) is 6.20. The lowest BCUT2D eigenvalue weighted by atomic mass is 9.75. The highest BCUT2D eigenvalue weighted by atomic mass is 32.2. The molecule has 1 spiro atoms. The number of thiazole rings is 1. The Morgan fingerprint density at radius 1 is 1.53 bits per heavy atom. The van der Waals surface area contributed by atoms with Crippen LogP contribution in [0.2, 0.25) is 0 Å². The van der Waals surface area contributed by atoms with Crippen LogP contribution >= 0.6 is 23.1 Å². The van der Waals surface area contributed by atoms with Crippen LogP contribution in [0.5, 0.6) is 0 Å². The fourth-order valence-electron chi connectivity index (χ4n) is 2.67. The number of ether oxygens (including phenoxy) is 1. The van der Waals surface area contributed by atoms with Gasteiger partial charge >= 0.3 is 0 Å². The Labute approximate surface area is 110 Å². The van der Waals surface area contributed by atoms with E-state index in [1.165, 1.54) is 29.9 Å². The van der Waals surface area contributed by atoms with Crippen LogP contribution in [0.25, 0.3) is 0 Å². The number of aryl methyl sites for hydroxylation is 1. The molecule has 0 radical (unpaired) electrons. The van der Waals surface area contributed by atoms with Crippen molar-refractivity contribution in [2.24, 2.45) is 0 Å². The van der Waals surface area contributed by atoms with Crippen LogP contribution in [0.1, 0.15) is 37.8 Å². The molecule has 1 saturated carbocycles. The maximum Gasteiger partial charge on any atom is 0.181 e. The van der Waals surface area contributed by atoms with Gasteiger partial charge in [-0.25, -0.2) is 4.98 Å². The summed E-state index contributed by atoms with van der Waals surface area (Å²) in [5.41, 5.74) is 7.07. The smallest absolute Gasteiger partial charge is 0.181 e. The molecule has 2 heterocycles. The molecule has 0 bridgehead atoms. The predicted molar refractivity (Wildman–Crippen MR) is 72.7 cm³/mol. The minimum absolute atomic E-state index is 0.236. The van der Waals surface area contributed by atoms with Gasteiger partial charge in [-0.2, -0.15) is 0 Å². The second-order valence-electron chi connectivity index (χ2n) is 5.04. The molecule has 1 aromatic rings. The first-order chi connectivity index (χ1) is 8.17. The van der Waals surface area contributed by atoms with E-state index in [4.69, 9.17) is 10.5 Å². The Balaban J connectivity index is 1.67. The lowest BCUT2D eigenvalue weighted by Gasteiger charge is -2.47. The molecule has 1 aliphatic carbocycles. The third-order valence-electron chi connectivity index (χ3n) is 3.76. The van der Waals surface area contributed by atoms with E-state index in [1.807, 2.05) is 18.7 Å². The van der Waals surface area contributed by atoms with Crippen molar-refractivity contribution >= 4 is 28.2 Å². The molecule has 1 aliphatic heterocycles. The molecule has 94 valence electrons. The standard InChI is InChI=1S/C12H18N2OS2/c1-8-10(17-11(13)14-8)16-9-3-6-15-12(7-9)4-2-5-12/h9H,2-7H2,1H3,(H2,13,14). The van der Waals surface area contributed by atoms with Gasteiger partial charge in [0.2, 0.25) is 0 Å². The number of aromatic nitrogens is 1. The molecule has 1 unspecified atom stereocenters. The normalized spacial score (nSPS) is 27.0. The average Bonchev–Trinajstić information content (AvgIpc) is 2.56. The van der Waals surface area contributed by atoms with Crippen LogP contribution in [-0.4, -0.2) is 22.4 Å². The molecule has 2 fully saturated rings. The molecule has 2 N–H and O–H groups in total. The fraction of sp³-hybridized carbons (Fsp3) is 0.750. The van der Waals surface area contributed by atoms with Gasteiger partial charge in [-0.05, 0) is 39.0 Å². The third-order valence-corrected chi connectivity index (χ3v) is 6.32. The van der Waals surface area contributed by atoms with E-state index in [9.17, 15) is 0 Å². The zero-order valence-corrected chi connectivity index (χ0v) is 11.7. The van der Waals surface area contributed by atoms with Gasteiger partial charge in [0.05, 0.1) is 15.5 Å². The molecule has 2 aliphatic rings. The van der Waals surface area contributed by atoms with Crippen LogP contribution in [0.4, 0.5) is 5.13 Å². The van der Waals surface area contributed by atoms with Crippen molar-refractivity contribution in [3.63, 3.8) is 0 Å². The third kappa shape index (κ3) is 2.33. The predicted octanol–water partition coefficient (Wildman–Crippen LogP) is 3.23. The van der Waals surface area contributed by atoms with E-state index >= 15 is 0 Å². The number of nitrogen functional groups attached to an aromatic ring is 1. The van der Waals surface area contributed by atoms with E-state index in [0.717, 1.165) is 18.7 Å². The summed E-state index contributed by atoms with van der Waals surface area (Å²) >= 11 is 3.58. The van der Waals surface area contributed by atoms with Crippen LogP contribution in [-0.2, 0) is 4.74 Å². The highest BCUT2D eigenvalue weighted by molar-refractivity contribution is 8.01. The molecular formula is C12H18N2OS2. The maximum absolute atomic E-state index is 5.95. The van der Waals surface area contributed by atoms with Crippen molar-refractivity contribution in [1.82, 2.24) is 4.98 Å². The number of nitrogens with two attached hydrogens (primary N) is 1. The van der Waals surface area contributed by atoms with E-state index in [2.05, 4.69) is 4.98 Å². The lowest BCUT2D eigenvalue weighted by Crippen LogP contribution is -2.46. The molecule has 1 aromatic heterocycles. The number of rotatable bonds is 2. The van der Waals surface area contributed by atoms with Gasteiger partial charge in [-0.15, -0.1) is 11.8 Å². The minimum Gasteiger partial charge on any atom is -0.375 e. The molecule has 1 saturated heterocycles. The van der Waals surface area contributed by atoms with Crippen LogP contribution in [0.3, 0.4) is 0 Å². The summed E-state index contributed by atoms with van der Waals surface area (Å²) in [6, 6.07) is 0. The maximum atomic E-state index is 5.95. The number of thioether (sulfide) groups is 1. The van der Waals surface area contributed by atoms with Gasteiger partial charge in [-0.1, -0.05) is 11.3 Å². The topological polar surface area (TPSA) is 48.1 Å². The van der Waals surface area contributed by atoms with Gasteiger partial charge in [-0.3, -0.25) is 0 Å². The summed E-state index contributed by atoms with van der Waals surface area (Å²) in [6.07, 6.45) is 6.21. The first kappa shape index (κ1) is 11.8. The summed E-state index contributed by atoms with van der Waals surface area (Å²) < 4.78 is 7.25. The van der Waals surface area contributed by atoms with E-state index in [0.29, 0.717) is 10.4 Å². The summed E-state index contributed by atoms with van der Waals surface area (Å²) in [4.78, 5) is 4.29. The van der Waals surface area contributed by atoms with Crippen LogP contribution in [0.15, 0.2) is 4.21 Å². The summed E-state index contributed by atoms with van der Waals surface area (Å²) in [6.45, 7) is 2.97. The van der Waals surface area contributed by atoms with Gasteiger partial charge in [0, 0.05) is 11.9 Å². The van der Waals surface area contributed by atoms with Gasteiger partial charge in [0.1, 0.15) is 0 Å². The Hall–Kier alpha value is -0.260. The summed E-state index contributed by atoms with van der Waals surface area (Å²) in [5.74, 6) is 0. The minimum atomic E-state index is 0.236. The lowest BCUT2D eigenvalue weighted by molar-refractivity contribution is -0.125. The molecule has 3 nitrogen and oxygen atoms in total. The highest BCUT2D eigenvalue weighted by Gasteiger charge is 2.42. The number of hydrogen-bond donors (Lipinski definition) is 1. The van der Waals surface area contributed by atoms with Crippen molar-refractivity contribution in [3.8, 4) is 0 Å². The SMILES string of the molecule is Cc1nc(N)sc1SC1CCOC2(CCC2)C1. The van der Waals surface area contributed by atoms with Crippen LogP contribution in [0, 0.1) is 6.92 Å². The van der Waals surface area contributed by atoms with Crippen molar-refractivity contribution in [2.45, 2.75) is 54.1 Å². The Kier molecular flexibility index (Phi) is 3.09. The van der Waals surface area contributed by atoms with Crippen molar-refractivity contribution in [1.29, 1.82) is 0 Å². The zero-order valence-electron chi connectivity index (χ0n) is 10.1. The number of nitrogens with zero attached hydrogens (tertiary/aromatic N) is 1. The number of hydrogen-bond acceptors (Lipinski definition) is 5. The molecule has 0 aromatic carbocycles. The Morgan fingerprint density at radius 3 is 2.94 bits per heavy atom. The molecular weight excluding hydrogens is 252 g/mol. The largest absolute Gasteiger partial charge is 0.375 e. The molecule has 3 rings (SSSR count). The average molecular weight is 270 g/mol. The quantitative estimate of drug-likeness (QED) is 0.896. The molecule has 0 amide bonds. The van der Waals surface area contributed by atoms with Gasteiger partial charge in [0.25, 0.3) is 0 Å². The van der Waals surface area contributed by atoms with E-state index in [1.54, 1.807) is 11.3 Å². The van der Waals surface area contributed by atoms with Gasteiger partial charge < -0.3 is 10.5 Å². The molecule has 5 heteroatoms. The van der Waals surface area contributed by atoms with E-state index < -0.39 is 0 Å².